The van der Waals surface area contributed by atoms with E-state index in [0.29, 0.717) is 6.61 Å². The molecule has 76 valence electrons. The van der Waals surface area contributed by atoms with Crippen molar-refractivity contribution < 1.29 is 12.6 Å². The summed E-state index contributed by atoms with van der Waals surface area (Å²) in [6.45, 7) is 0.323. The van der Waals surface area contributed by atoms with Crippen LogP contribution in [0.4, 0.5) is 0 Å². The molecule has 3 nitrogen and oxygen atoms in total. The van der Waals surface area contributed by atoms with Crippen molar-refractivity contribution in [3.63, 3.8) is 0 Å². The van der Waals surface area contributed by atoms with Crippen molar-refractivity contribution in [2.24, 2.45) is 0 Å². The minimum atomic E-state index is -3.23. The van der Waals surface area contributed by atoms with E-state index in [1.165, 1.54) is 0 Å². The fraction of sp³-hybridized carbons (Fsp3) is 1.00. The van der Waals surface area contributed by atoms with Crippen molar-refractivity contribution >= 4 is 20.1 Å². The Kier molecular flexibility index (Phi) is 4.58. The highest BCUT2D eigenvalue weighted by Gasteiger charge is 2.05. The zero-order chi connectivity index (χ0) is 9.83. The second kappa shape index (κ2) is 4.48. The van der Waals surface area contributed by atoms with E-state index < -0.39 is 20.1 Å². The highest BCUT2D eigenvalue weighted by molar-refractivity contribution is 8.32. The molecule has 0 spiro atoms. The lowest BCUT2D eigenvalue weighted by atomic mass is 10.5. The minimum absolute atomic E-state index is 0.323. The molecule has 0 saturated carbocycles. The Hall–Kier alpha value is 0.260. The third kappa shape index (κ3) is 10.3. The van der Waals surface area contributed by atoms with Crippen molar-refractivity contribution in [2.45, 2.75) is 6.42 Å². The molecule has 0 saturated heterocycles. The molecule has 0 unspecified atom stereocenters. The Balaban J connectivity index is 3.48. The average Bonchev–Trinajstić information content (AvgIpc) is 1.76. The molecule has 0 atom stereocenters. The SMILES string of the molecule is CS(C)(C)CCCOS(C)(=O)=O. The molecular weight excluding hydrogens is 196 g/mol. The van der Waals surface area contributed by atoms with E-state index in [1.54, 1.807) is 0 Å². The molecule has 0 N–H and O–H groups in total. The fourth-order valence-electron chi connectivity index (χ4n) is 0.702. The maximum absolute atomic E-state index is 10.5. The van der Waals surface area contributed by atoms with Gasteiger partial charge in [0.15, 0.2) is 0 Å². The van der Waals surface area contributed by atoms with Crippen LogP contribution in [0.25, 0.3) is 0 Å². The van der Waals surface area contributed by atoms with Crippen molar-refractivity contribution in [2.75, 3.05) is 37.4 Å². The average molecular weight is 214 g/mol. The van der Waals surface area contributed by atoms with Crippen LogP contribution in [0.3, 0.4) is 0 Å². The molecule has 0 aromatic carbocycles. The molecule has 0 heterocycles. The van der Waals surface area contributed by atoms with Gasteiger partial charge in [-0.25, -0.2) is 10.0 Å². The third-order valence-corrected chi connectivity index (χ3v) is 3.31. The molecule has 0 radical (unpaired) electrons. The Morgan fingerprint density at radius 3 is 1.92 bits per heavy atom. The summed E-state index contributed by atoms with van der Waals surface area (Å²) in [4.78, 5) is 0. The van der Waals surface area contributed by atoms with E-state index >= 15 is 0 Å². The van der Waals surface area contributed by atoms with Gasteiger partial charge in [-0.1, -0.05) is 0 Å². The van der Waals surface area contributed by atoms with Crippen LogP contribution in [0, 0.1) is 0 Å². The molecule has 0 aliphatic carbocycles. The summed E-state index contributed by atoms with van der Waals surface area (Å²) in [7, 11) is -3.75. The lowest BCUT2D eigenvalue weighted by Gasteiger charge is -2.24. The van der Waals surface area contributed by atoms with E-state index in [1.807, 2.05) is 0 Å². The topological polar surface area (TPSA) is 43.4 Å². The fourth-order valence-corrected chi connectivity index (χ4v) is 2.11. The van der Waals surface area contributed by atoms with Gasteiger partial charge in [-0.05, 0) is 30.9 Å². The van der Waals surface area contributed by atoms with E-state index in [-0.39, 0.29) is 0 Å². The number of rotatable bonds is 5. The summed E-state index contributed by atoms with van der Waals surface area (Å²) < 4.78 is 25.7. The minimum Gasteiger partial charge on any atom is -0.270 e. The second-order valence-electron chi connectivity index (χ2n) is 3.67. The van der Waals surface area contributed by atoms with Gasteiger partial charge in [0.05, 0.1) is 12.9 Å². The predicted molar refractivity (Wildman–Crippen MR) is 55.6 cm³/mol. The molecule has 0 amide bonds. The summed E-state index contributed by atoms with van der Waals surface area (Å²) >= 11 is 0. The number of hydrogen-bond acceptors (Lipinski definition) is 3. The Labute approximate surface area is 76.9 Å². The first kappa shape index (κ1) is 12.3. The lowest BCUT2D eigenvalue weighted by molar-refractivity contribution is 0.322. The second-order valence-corrected chi connectivity index (χ2v) is 9.91. The van der Waals surface area contributed by atoms with Gasteiger partial charge in [0.25, 0.3) is 10.1 Å². The molecule has 0 aliphatic rings. The molecule has 0 aromatic rings. The molecular formula is C7H18O3S2. The predicted octanol–water partition coefficient (Wildman–Crippen LogP) is 1.05. The Bertz CT molecular complexity index is 213. The molecule has 0 bridgehead atoms. The maximum Gasteiger partial charge on any atom is 0.264 e. The Morgan fingerprint density at radius 1 is 1.08 bits per heavy atom. The van der Waals surface area contributed by atoms with Gasteiger partial charge in [-0.15, -0.1) is 0 Å². The van der Waals surface area contributed by atoms with Gasteiger partial charge in [-0.3, -0.25) is 4.18 Å². The van der Waals surface area contributed by atoms with Crippen molar-refractivity contribution in [3.8, 4) is 0 Å². The first-order valence-corrected chi connectivity index (χ1v) is 8.55. The zero-order valence-corrected chi connectivity index (χ0v) is 9.80. The van der Waals surface area contributed by atoms with E-state index in [9.17, 15) is 8.42 Å². The molecule has 12 heavy (non-hydrogen) atoms. The highest BCUT2D eigenvalue weighted by Crippen LogP contribution is 2.34. The van der Waals surface area contributed by atoms with Crippen LogP contribution in [0.2, 0.25) is 0 Å². The monoisotopic (exact) mass is 214 g/mol. The quantitative estimate of drug-likeness (QED) is 0.507. The Morgan fingerprint density at radius 2 is 1.58 bits per heavy atom. The van der Waals surface area contributed by atoms with Gasteiger partial charge in [0.1, 0.15) is 0 Å². The molecule has 0 fully saturated rings. The van der Waals surface area contributed by atoms with Crippen LogP contribution < -0.4 is 0 Å². The van der Waals surface area contributed by atoms with Crippen LogP contribution in [-0.4, -0.2) is 45.8 Å². The largest absolute Gasteiger partial charge is 0.270 e. The summed E-state index contributed by atoms with van der Waals surface area (Å²) in [5, 5.41) is 0. The molecule has 0 aliphatic heterocycles. The standard InChI is InChI=1S/C7H18O3S2/c1-11(2,3)7-5-6-10-12(4,8)9/h5-7H2,1-4H3. The van der Waals surface area contributed by atoms with Crippen molar-refractivity contribution in [1.82, 2.24) is 0 Å². The van der Waals surface area contributed by atoms with Crippen LogP contribution in [0.1, 0.15) is 6.42 Å². The lowest BCUT2D eigenvalue weighted by Crippen LogP contribution is -2.07. The van der Waals surface area contributed by atoms with Crippen LogP contribution in [0.15, 0.2) is 0 Å². The zero-order valence-electron chi connectivity index (χ0n) is 8.16. The van der Waals surface area contributed by atoms with Crippen LogP contribution in [-0.2, 0) is 14.3 Å². The molecule has 5 heteroatoms. The normalized spacial score (nSPS) is 14.7. The summed E-state index contributed by atoms with van der Waals surface area (Å²) in [6, 6.07) is 0. The van der Waals surface area contributed by atoms with Gasteiger partial charge in [-0.2, -0.15) is 8.42 Å². The van der Waals surface area contributed by atoms with Crippen molar-refractivity contribution in [3.05, 3.63) is 0 Å². The smallest absolute Gasteiger partial charge is 0.264 e. The summed E-state index contributed by atoms with van der Waals surface area (Å²) in [6.07, 6.45) is 8.51. The summed E-state index contributed by atoms with van der Waals surface area (Å²) in [5.74, 6) is 1.06. The number of hydrogen-bond donors (Lipinski definition) is 0. The third-order valence-electron chi connectivity index (χ3n) is 1.20. The van der Waals surface area contributed by atoms with Crippen LogP contribution >= 0.6 is 10.0 Å². The highest BCUT2D eigenvalue weighted by atomic mass is 32.3. The van der Waals surface area contributed by atoms with Crippen LogP contribution in [0.5, 0.6) is 0 Å². The van der Waals surface area contributed by atoms with Crippen molar-refractivity contribution in [1.29, 1.82) is 0 Å². The van der Waals surface area contributed by atoms with Gasteiger partial charge in [0.2, 0.25) is 0 Å². The van der Waals surface area contributed by atoms with Gasteiger partial charge in [0, 0.05) is 0 Å². The van der Waals surface area contributed by atoms with E-state index in [0.717, 1.165) is 18.4 Å². The first-order valence-electron chi connectivity index (χ1n) is 3.71. The molecule has 0 rings (SSSR count). The maximum atomic E-state index is 10.5. The van der Waals surface area contributed by atoms with Gasteiger partial charge < -0.3 is 0 Å². The van der Waals surface area contributed by atoms with Gasteiger partial charge >= 0.3 is 0 Å². The molecule has 0 aromatic heterocycles. The first-order chi connectivity index (χ1) is 5.21. The van der Waals surface area contributed by atoms with E-state index in [2.05, 4.69) is 23.0 Å². The summed E-state index contributed by atoms with van der Waals surface area (Å²) in [5.41, 5.74) is 0. The van der Waals surface area contributed by atoms with E-state index in [4.69, 9.17) is 0 Å².